The molecule has 0 aliphatic rings. The molecule has 1 heterocycles. The van der Waals surface area contributed by atoms with Gasteiger partial charge in [-0.3, -0.25) is 5.32 Å². The summed E-state index contributed by atoms with van der Waals surface area (Å²) in [6, 6.07) is 8.81. The second-order valence-electron chi connectivity index (χ2n) is 4.01. The third-order valence-corrected chi connectivity index (χ3v) is 3.26. The van der Waals surface area contributed by atoms with Gasteiger partial charge in [0.05, 0.1) is 18.5 Å². The zero-order chi connectivity index (χ0) is 15.9. The van der Waals surface area contributed by atoms with Crippen LogP contribution in [0.25, 0.3) is 5.69 Å². The predicted molar refractivity (Wildman–Crippen MR) is 84.3 cm³/mol. The van der Waals surface area contributed by atoms with Crippen LogP contribution in [0.3, 0.4) is 0 Å². The summed E-state index contributed by atoms with van der Waals surface area (Å²) < 4.78 is 6.19. The van der Waals surface area contributed by atoms with Gasteiger partial charge < -0.3 is 4.74 Å². The first-order valence-electron chi connectivity index (χ1n) is 6.20. The van der Waals surface area contributed by atoms with Gasteiger partial charge in [-0.1, -0.05) is 11.8 Å². The lowest BCUT2D eigenvalue weighted by atomic mass is 10.3. The van der Waals surface area contributed by atoms with E-state index >= 15 is 0 Å². The number of amidine groups is 1. The first kappa shape index (κ1) is 15.6. The number of carbonyl (C=O) groups is 1. The van der Waals surface area contributed by atoms with E-state index in [-0.39, 0.29) is 5.69 Å². The van der Waals surface area contributed by atoms with E-state index < -0.39 is 5.97 Å². The van der Waals surface area contributed by atoms with Crippen LogP contribution in [-0.2, 0) is 4.74 Å². The second kappa shape index (κ2) is 7.28. The number of nitrogens with one attached hydrogen (secondary N) is 1. The van der Waals surface area contributed by atoms with Crippen LogP contribution < -0.4 is 5.32 Å². The molecule has 0 amide bonds. The molecule has 0 aliphatic heterocycles. The zero-order valence-corrected chi connectivity index (χ0v) is 12.8. The van der Waals surface area contributed by atoms with Crippen molar-refractivity contribution >= 4 is 28.6 Å². The van der Waals surface area contributed by atoms with Crippen molar-refractivity contribution in [1.29, 1.82) is 5.26 Å². The molecule has 1 aromatic heterocycles. The van der Waals surface area contributed by atoms with Gasteiger partial charge in [-0.25, -0.2) is 14.5 Å². The van der Waals surface area contributed by atoms with Crippen molar-refractivity contribution in [3.05, 3.63) is 42.2 Å². The molecule has 0 radical (unpaired) electrons. The lowest BCUT2D eigenvalue weighted by Crippen LogP contribution is -2.12. The summed E-state index contributed by atoms with van der Waals surface area (Å²) in [7, 11) is 1.31. The largest absolute Gasteiger partial charge is 0.464 e. The Bertz CT molecular complexity index is 730. The Morgan fingerprint density at radius 2 is 2.14 bits per heavy atom. The number of aliphatic imine (C=N–C) groups is 1. The summed E-state index contributed by atoms with van der Waals surface area (Å²) in [5.74, 6) is -0.479. The van der Waals surface area contributed by atoms with E-state index in [0.29, 0.717) is 10.9 Å². The van der Waals surface area contributed by atoms with Gasteiger partial charge in [-0.05, 0) is 36.6 Å². The first-order chi connectivity index (χ1) is 10.7. The SMILES string of the molecule is COC(=O)c1ccn(-c2ccc(N=C(NC#N)SC)cc2)n1. The summed E-state index contributed by atoms with van der Waals surface area (Å²) in [5, 5.41) is 15.8. The number of benzene rings is 1. The number of hydrogen-bond donors (Lipinski definition) is 1. The summed E-state index contributed by atoms with van der Waals surface area (Å²) >= 11 is 1.35. The zero-order valence-electron chi connectivity index (χ0n) is 12.0. The average molecular weight is 315 g/mol. The van der Waals surface area contributed by atoms with Gasteiger partial charge in [-0.2, -0.15) is 10.4 Å². The Kier molecular flexibility index (Phi) is 5.16. The quantitative estimate of drug-likeness (QED) is 0.306. The van der Waals surface area contributed by atoms with E-state index in [1.807, 2.05) is 24.6 Å². The topological polar surface area (TPSA) is 92.3 Å². The molecular weight excluding hydrogens is 302 g/mol. The molecule has 0 unspecified atom stereocenters. The number of thioether (sulfide) groups is 1. The number of carbonyl (C=O) groups excluding carboxylic acids is 1. The fourth-order valence-corrected chi connectivity index (χ4v) is 2.00. The van der Waals surface area contributed by atoms with Gasteiger partial charge in [-0.15, -0.1) is 0 Å². The molecule has 1 aromatic carbocycles. The highest BCUT2D eigenvalue weighted by Crippen LogP contribution is 2.17. The van der Waals surface area contributed by atoms with Crippen molar-refractivity contribution in [3.8, 4) is 11.9 Å². The van der Waals surface area contributed by atoms with E-state index in [2.05, 4.69) is 20.1 Å². The molecule has 2 rings (SSSR count). The van der Waals surface area contributed by atoms with E-state index in [1.165, 1.54) is 18.9 Å². The maximum absolute atomic E-state index is 11.4. The molecule has 0 aliphatic carbocycles. The minimum Gasteiger partial charge on any atom is -0.464 e. The molecule has 1 N–H and O–H groups in total. The van der Waals surface area contributed by atoms with Crippen molar-refractivity contribution in [2.75, 3.05) is 13.4 Å². The molecule has 112 valence electrons. The third-order valence-electron chi connectivity index (χ3n) is 2.68. The van der Waals surface area contributed by atoms with Crippen molar-refractivity contribution < 1.29 is 9.53 Å². The highest BCUT2D eigenvalue weighted by molar-refractivity contribution is 8.13. The van der Waals surface area contributed by atoms with Crippen LogP contribution in [0, 0.1) is 11.5 Å². The lowest BCUT2D eigenvalue weighted by molar-refractivity contribution is 0.0593. The fourth-order valence-electron chi connectivity index (χ4n) is 1.65. The van der Waals surface area contributed by atoms with Crippen molar-refractivity contribution in [2.45, 2.75) is 0 Å². The van der Waals surface area contributed by atoms with E-state index in [1.54, 1.807) is 29.1 Å². The van der Waals surface area contributed by atoms with E-state index in [0.717, 1.165) is 5.69 Å². The van der Waals surface area contributed by atoms with Crippen LogP contribution in [0.1, 0.15) is 10.5 Å². The third kappa shape index (κ3) is 3.65. The van der Waals surface area contributed by atoms with Gasteiger partial charge in [0, 0.05) is 6.20 Å². The summed E-state index contributed by atoms with van der Waals surface area (Å²) in [5.41, 5.74) is 1.73. The Morgan fingerprint density at radius 1 is 1.41 bits per heavy atom. The molecule has 2 aromatic rings. The fraction of sp³-hybridized carbons (Fsp3) is 0.143. The molecule has 8 heteroatoms. The molecule has 0 fully saturated rings. The summed E-state index contributed by atoms with van der Waals surface area (Å²) in [6.45, 7) is 0. The number of methoxy groups -OCH3 is 1. The standard InChI is InChI=1S/C14H13N5O2S/c1-21-13(20)12-7-8-19(18-12)11-5-3-10(4-6-11)17-14(22-2)16-9-15/h3-8H,1-2H3,(H,16,17). The van der Waals surface area contributed by atoms with Crippen molar-refractivity contribution in [3.63, 3.8) is 0 Å². The van der Waals surface area contributed by atoms with Gasteiger partial charge in [0.1, 0.15) is 0 Å². The number of aromatic nitrogens is 2. The van der Waals surface area contributed by atoms with Crippen molar-refractivity contribution in [1.82, 2.24) is 15.1 Å². The summed E-state index contributed by atoms with van der Waals surface area (Å²) in [4.78, 5) is 15.7. The highest BCUT2D eigenvalue weighted by Gasteiger charge is 2.09. The first-order valence-corrected chi connectivity index (χ1v) is 7.42. The van der Waals surface area contributed by atoms with Crippen LogP contribution in [0.15, 0.2) is 41.5 Å². The summed E-state index contributed by atoms with van der Waals surface area (Å²) in [6.07, 6.45) is 5.34. The van der Waals surface area contributed by atoms with Gasteiger partial charge in [0.2, 0.25) is 0 Å². The Hall–Kier alpha value is -2.79. The number of ether oxygens (including phenoxy) is 1. The minimum atomic E-state index is -0.479. The number of rotatable bonds is 3. The van der Waals surface area contributed by atoms with Gasteiger partial charge >= 0.3 is 5.97 Å². The molecule has 0 bridgehead atoms. The Morgan fingerprint density at radius 3 is 2.73 bits per heavy atom. The Labute approximate surface area is 131 Å². The van der Waals surface area contributed by atoms with Gasteiger partial charge in [0.25, 0.3) is 0 Å². The van der Waals surface area contributed by atoms with Crippen LogP contribution >= 0.6 is 11.8 Å². The molecule has 0 spiro atoms. The number of esters is 1. The highest BCUT2D eigenvalue weighted by atomic mass is 32.2. The average Bonchev–Trinajstić information content (AvgIpc) is 3.04. The molecule has 0 atom stereocenters. The smallest absolute Gasteiger partial charge is 0.358 e. The molecule has 7 nitrogen and oxygen atoms in total. The monoisotopic (exact) mass is 315 g/mol. The van der Waals surface area contributed by atoms with Crippen LogP contribution in [0.2, 0.25) is 0 Å². The number of nitrogens with zero attached hydrogens (tertiary/aromatic N) is 4. The van der Waals surface area contributed by atoms with E-state index in [9.17, 15) is 4.79 Å². The molecule has 0 saturated carbocycles. The maximum Gasteiger partial charge on any atom is 0.358 e. The maximum atomic E-state index is 11.4. The van der Waals surface area contributed by atoms with Crippen LogP contribution in [0.4, 0.5) is 5.69 Å². The second-order valence-corrected chi connectivity index (χ2v) is 4.81. The normalized spacial score (nSPS) is 10.9. The van der Waals surface area contributed by atoms with Crippen molar-refractivity contribution in [2.24, 2.45) is 4.99 Å². The lowest BCUT2D eigenvalue weighted by Gasteiger charge is -2.03. The Balaban J connectivity index is 2.20. The minimum absolute atomic E-state index is 0.243. The molecule has 0 saturated heterocycles. The number of nitriles is 1. The van der Waals surface area contributed by atoms with E-state index in [4.69, 9.17) is 5.26 Å². The predicted octanol–water partition coefficient (Wildman–Crippen LogP) is 2.08. The number of hydrogen-bond acceptors (Lipinski definition) is 6. The van der Waals surface area contributed by atoms with Crippen LogP contribution in [-0.4, -0.2) is 34.3 Å². The molecular formula is C14H13N5O2S. The van der Waals surface area contributed by atoms with Crippen LogP contribution in [0.5, 0.6) is 0 Å². The molecule has 22 heavy (non-hydrogen) atoms. The van der Waals surface area contributed by atoms with Gasteiger partial charge in [0.15, 0.2) is 17.1 Å².